The van der Waals surface area contributed by atoms with Gasteiger partial charge in [-0.15, -0.1) is 0 Å². The molecule has 4 aromatic rings. The number of aromatic nitrogens is 4. The average Bonchev–Trinajstić information content (AvgIpc) is 3.23. The van der Waals surface area contributed by atoms with E-state index in [2.05, 4.69) is 24.0 Å². The molecular weight excluding hydrogens is 412 g/mol. The third-order valence-electron chi connectivity index (χ3n) is 5.01. The van der Waals surface area contributed by atoms with Gasteiger partial charge in [0.05, 0.1) is 28.2 Å². The van der Waals surface area contributed by atoms with Crippen LogP contribution in [0.4, 0.5) is 0 Å². The first-order valence-corrected chi connectivity index (χ1v) is 11.7. The zero-order chi connectivity index (χ0) is 22.2. The van der Waals surface area contributed by atoms with Gasteiger partial charge >= 0.3 is 0 Å². The van der Waals surface area contributed by atoms with Crippen molar-refractivity contribution in [1.82, 2.24) is 19.6 Å². The van der Waals surface area contributed by atoms with Crippen LogP contribution in [0, 0.1) is 0 Å². The van der Waals surface area contributed by atoms with Gasteiger partial charge in [-0.3, -0.25) is 4.79 Å². The molecule has 0 spiro atoms. The molecule has 4 rings (SSSR count). The Labute approximate surface area is 180 Å². The summed E-state index contributed by atoms with van der Waals surface area (Å²) in [5.74, 6) is 0.414. The van der Waals surface area contributed by atoms with Gasteiger partial charge in [-0.05, 0) is 47.9 Å². The largest absolute Gasteiger partial charge is 0.287 e. The van der Waals surface area contributed by atoms with E-state index in [0.717, 1.165) is 11.9 Å². The first kappa shape index (κ1) is 20.7. The van der Waals surface area contributed by atoms with Crippen molar-refractivity contribution in [2.24, 2.45) is 0 Å². The quantitative estimate of drug-likeness (QED) is 0.479. The summed E-state index contributed by atoms with van der Waals surface area (Å²) in [4.78, 5) is 12.8. The van der Waals surface area contributed by atoms with Crippen LogP contribution in [-0.4, -0.2) is 34.2 Å². The Morgan fingerprint density at radius 2 is 1.68 bits per heavy atom. The summed E-state index contributed by atoms with van der Waals surface area (Å²) in [6.07, 6.45) is 4.29. The number of rotatable bonds is 5. The lowest BCUT2D eigenvalue weighted by molar-refractivity contribution is 0.601. The van der Waals surface area contributed by atoms with Crippen molar-refractivity contribution in [1.29, 1.82) is 0 Å². The van der Waals surface area contributed by atoms with E-state index < -0.39 is 9.84 Å². The third-order valence-corrected chi connectivity index (χ3v) is 6.12. The Hall–Kier alpha value is -3.52. The summed E-state index contributed by atoms with van der Waals surface area (Å²) in [5, 5.41) is 8.87. The SMILES string of the molecule is CC(C)c1ccc(-n2nccc2-c2nn(-c3cccc(S(C)(=O)=O)c3)ccc2=O)cc1. The van der Waals surface area contributed by atoms with E-state index in [1.165, 1.54) is 34.6 Å². The smallest absolute Gasteiger partial charge is 0.209 e. The van der Waals surface area contributed by atoms with E-state index in [0.29, 0.717) is 17.3 Å². The van der Waals surface area contributed by atoms with Crippen molar-refractivity contribution in [3.63, 3.8) is 0 Å². The highest BCUT2D eigenvalue weighted by molar-refractivity contribution is 7.90. The maximum absolute atomic E-state index is 12.6. The van der Waals surface area contributed by atoms with E-state index in [-0.39, 0.29) is 16.0 Å². The molecule has 0 aliphatic heterocycles. The Morgan fingerprint density at radius 1 is 0.935 bits per heavy atom. The first-order chi connectivity index (χ1) is 14.7. The summed E-state index contributed by atoms with van der Waals surface area (Å²) in [7, 11) is -3.36. The van der Waals surface area contributed by atoms with E-state index in [4.69, 9.17) is 0 Å². The van der Waals surface area contributed by atoms with Gasteiger partial charge in [-0.25, -0.2) is 17.8 Å². The molecule has 0 aliphatic carbocycles. The fourth-order valence-corrected chi connectivity index (χ4v) is 3.93. The van der Waals surface area contributed by atoms with Gasteiger partial charge in [-0.1, -0.05) is 32.0 Å². The molecule has 0 amide bonds. The zero-order valence-electron chi connectivity index (χ0n) is 17.4. The number of sulfone groups is 1. The lowest BCUT2D eigenvalue weighted by Crippen LogP contribution is -2.15. The molecule has 2 aromatic carbocycles. The first-order valence-electron chi connectivity index (χ1n) is 9.79. The minimum atomic E-state index is -3.36. The molecule has 0 aliphatic rings. The molecule has 2 heterocycles. The van der Waals surface area contributed by atoms with Crippen molar-refractivity contribution < 1.29 is 8.42 Å². The second-order valence-corrected chi connectivity index (χ2v) is 9.63. The van der Waals surface area contributed by atoms with Crippen LogP contribution >= 0.6 is 0 Å². The predicted molar refractivity (Wildman–Crippen MR) is 120 cm³/mol. The van der Waals surface area contributed by atoms with Crippen LogP contribution in [0.5, 0.6) is 0 Å². The maximum atomic E-state index is 12.6. The molecule has 2 aromatic heterocycles. The van der Waals surface area contributed by atoms with E-state index in [1.54, 1.807) is 29.1 Å². The lowest BCUT2D eigenvalue weighted by atomic mass is 10.0. The molecule has 0 saturated heterocycles. The Kier molecular flexibility index (Phi) is 5.32. The van der Waals surface area contributed by atoms with Crippen molar-refractivity contribution in [3.05, 3.63) is 88.8 Å². The lowest BCUT2D eigenvalue weighted by Gasteiger charge is -2.11. The second kappa shape index (κ2) is 7.96. The van der Waals surface area contributed by atoms with Crippen LogP contribution in [0.15, 0.2) is 82.7 Å². The van der Waals surface area contributed by atoms with Crippen LogP contribution in [0.25, 0.3) is 22.8 Å². The number of nitrogens with zero attached hydrogens (tertiary/aromatic N) is 4. The average molecular weight is 435 g/mol. The van der Waals surface area contributed by atoms with E-state index in [9.17, 15) is 13.2 Å². The summed E-state index contributed by atoms with van der Waals surface area (Å²) < 4.78 is 27.0. The number of benzene rings is 2. The summed E-state index contributed by atoms with van der Waals surface area (Å²) in [5.41, 5.74) is 3.09. The Balaban J connectivity index is 1.80. The van der Waals surface area contributed by atoms with Gasteiger partial charge in [0.25, 0.3) is 0 Å². The van der Waals surface area contributed by atoms with Crippen LogP contribution in [0.3, 0.4) is 0 Å². The topological polar surface area (TPSA) is 86.8 Å². The van der Waals surface area contributed by atoms with Crippen LogP contribution in [0.2, 0.25) is 0 Å². The molecule has 0 bridgehead atoms. The molecule has 0 atom stereocenters. The zero-order valence-corrected chi connectivity index (χ0v) is 18.2. The van der Waals surface area contributed by atoms with E-state index in [1.807, 2.05) is 24.3 Å². The highest BCUT2D eigenvalue weighted by Gasteiger charge is 2.15. The van der Waals surface area contributed by atoms with Gasteiger partial charge in [-0.2, -0.15) is 10.2 Å². The minimum absolute atomic E-state index is 0.183. The highest BCUT2D eigenvalue weighted by Crippen LogP contribution is 2.22. The molecule has 31 heavy (non-hydrogen) atoms. The molecule has 0 saturated carbocycles. The van der Waals surface area contributed by atoms with Crippen molar-refractivity contribution in [2.45, 2.75) is 24.7 Å². The van der Waals surface area contributed by atoms with E-state index >= 15 is 0 Å². The van der Waals surface area contributed by atoms with Crippen LogP contribution < -0.4 is 5.43 Å². The molecular formula is C23H22N4O3S. The van der Waals surface area contributed by atoms with Crippen molar-refractivity contribution >= 4 is 9.84 Å². The van der Waals surface area contributed by atoms with Gasteiger partial charge in [0.15, 0.2) is 15.5 Å². The Bertz CT molecular complexity index is 1400. The van der Waals surface area contributed by atoms with Gasteiger partial charge in [0.1, 0.15) is 0 Å². The van der Waals surface area contributed by atoms with Crippen LogP contribution in [0.1, 0.15) is 25.3 Å². The molecule has 8 heteroatoms. The Morgan fingerprint density at radius 3 is 2.35 bits per heavy atom. The number of hydrogen-bond acceptors (Lipinski definition) is 5. The van der Waals surface area contributed by atoms with Crippen LogP contribution in [-0.2, 0) is 9.84 Å². The summed E-state index contributed by atoms with van der Waals surface area (Å²) >= 11 is 0. The number of hydrogen-bond donors (Lipinski definition) is 0. The fraction of sp³-hybridized carbons (Fsp3) is 0.174. The molecule has 0 N–H and O–H groups in total. The fourth-order valence-electron chi connectivity index (χ4n) is 3.27. The molecule has 0 unspecified atom stereocenters. The molecule has 158 valence electrons. The van der Waals surface area contributed by atoms with Gasteiger partial charge in [0.2, 0.25) is 5.43 Å². The third kappa shape index (κ3) is 4.20. The highest BCUT2D eigenvalue weighted by atomic mass is 32.2. The van der Waals surface area contributed by atoms with Gasteiger partial charge in [0, 0.05) is 18.5 Å². The molecule has 7 nitrogen and oxygen atoms in total. The summed E-state index contributed by atoms with van der Waals surface area (Å²) in [6, 6.07) is 17.6. The standard InChI is InChI=1S/C23H22N4O3S/c1-16(2)17-7-9-18(10-8-17)27-21(11-13-24-27)23-22(28)12-14-26(25-23)19-5-4-6-20(15-19)31(3,29)30/h4-16H,1-3H3. The monoisotopic (exact) mass is 434 g/mol. The predicted octanol–water partition coefficient (Wildman–Crippen LogP) is 3.61. The minimum Gasteiger partial charge on any atom is -0.287 e. The molecule has 0 fully saturated rings. The van der Waals surface area contributed by atoms with Crippen molar-refractivity contribution in [3.8, 4) is 22.8 Å². The summed E-state index contributed by atoms with van der Waals surface area (Å²) in [6.45, 7) is 4.26. The van der Waals surface area contributed by atoms with Crippen molar-refractivity contribution in [2.75, 3.05) is 6.26 Å². The molecule has 0 radical (unpaired) electrons. The normalized spacial score (nSPS) is 11.7. The maximum Gasteiger partial charge on any atom is 0.209 e. The second-order valence-electron chi connectivity index (χ2n) is 7.62. The van der Waals surface area contributed by atoms with Gasteiger partial charge < -0.3 is 0 Å².